The summed E-state index contributed by atoms with van der Waals surface area (Å²) in [6.45, 7) is 0. The van der Waals surface area contributed by atoms with Gasteiger partial charge in [0, 0.05) is 9.47 Å². The molecule has 1 aliphatic carbocycles. The first kappa shape index (κ1) is 11.4. The molecule has 0 saturated heterocycles. The Kier molecular flexibility index (Phi) is 5.93. The summed E-state index contributed by atoms with van der Waals surface area (Å²) in [5.74, 6) is 0. The Morgan fingerprint density at radius 1 is 1.00 bits per heavy atom. The minimum atomic E-state index is -0.149. The van der Waals surface area contributed by atoms with E-state index in [1.807, 2.05) is 0 Å². The standard InChI is InChI=1S/C10H21O2P/c11-9-6-4-2-1-3-5-7-10(8-9)12-13/h9-11H,1-8,13H2. The van der Waals surface area contributed by atoms with Crippen molar-refractivity contribution in [1.82, 2.24) is 0 Å². The zero-order valence-electron chi connectivity index (χ0n) is 8.24. The van der Waals surface area contributed by atoms with Gasteiger partial charge in [0.2, 0.25) is 0 Å². The van der Waals surface area contributed by atoms with Crippen molar-refractivity contribution >= 4 is 9.47 Å². The van der Waals surface area contributed by atoms with Gasteiger partial charge in [-0.15, -0.1) is 0 Å². The molecule has 1 saturated carbocycles. The lowest BCUT2D eigenvalue weighted by atomic mass is 9.97. The summed E-state index contributed by atoms with van der Waals surface area (Å²) in [6, 6.07) is 0. The fraction of sp³-hybridized carbons (Fsp3) is 1.00. The van der Waals surface area contributed by atoms with Crippen LogP contribution in [0.5, 0.6) is 0 Å². The monoisotopic (exact) mass is 204 g/mol. The molecule has 3 unspecified atom stereocenters. The van der Waals surface area contributed by atoms with Crippen LogP contribution in [0.3, 0.4) is 0 Å². The van der Waals surface area contributed by atoms with E-state index in [2.05, 4.69) is 9.47 Å². The maximum atomic E-state index is 9.64. The molecule has 0 aromatic rings. The third kappa shape index (κ3) is 4.95. The molecule has 0 heterocycles. The van der Waals surface area contributed by atoms with Crippen LogP contribution in [0, 0.1) is 0 Å². The summed E-state index contributed by atoms with van der Waals surface area (Å²) in [4.78, 5) is 0. The zero-order valence-corrected chi connectivity index (χ0v) is 9.40. The molecule has 78 valence electrons. The van der Waals surface area contributed by atoms with Crippen molar-refractivity contribution in [1.29, 1.82) is 0 Å². The molecule has 0 bridgehead atoms. The van der Waals surface area contributed by atoms with Crippen molar-refractivity contribution in [2.24, 2.45) is 0 Å². The number of rotatable bonds is 1. The van der Waals surface area contributed by atoms with E-state index in [0.717, 1.165) is 19.3 Å². The minimum Gasteiger partial charge on any atom is -0.393 e. The van der Waals surface area contributed by atoms with Gasteiger partial charge in [0.1, 0.15) is 0 Å². The highest BCUT2D eigenvalue weighted by Gasteiger charge is 2.14. The zero-order chi connectivity index (χ0) is 9.52. The Hall–Kier alpha value is 0.350. The molecule has 0 aromatic carbocycles. The Morgan fingerprint density at radius 3 is 2.31 bits per heavy atom. The normalized spacial score (nSPS) is 32.8. The average molecular weight is 204 g/mol. The third-order valence-corrected chi connectivity index (χ3v) is 3.18. The number of aliphatic hydroxyl groups is 1. The molecule has 1 N–H and O–H groups in total. The summed E-state index contributed by atoms with van der Waals surface area (Å²) in [6.07, 6.45) is 9.28. The molecule has 13 heavy (non-hydrogen) atoms. The molecule has 1 rings (SSSR count). The second-order valence-electron chi connectivity index (χ2n) is 3.99. The fourth-order valence-electron chi connectivity index (χ4n) is 1.95. The average Bonchev–Trinajstić information content (AvgIpc) is 2.15. The van der Waals surface area contributed by atoms with E-state index < -0.39 is 0 Å². The maximum Gasteiger partial charge on any atom is 0.0635 e. The highest BCUT2D eigenvalue weighted by atomic mass is 31.0. The Morgan fingerprint density at radius 2 is 1.62 bits per heavy atom. The van der Waals surface area contributed by atoms with Crippen LogP contribution in [0.1, 0.15) is 51.4 Å². The summed E-state index contributed by atoms with van der Waals surface area (Å²) in [5, 5.41) is 9.64. The van der Waals surface area contributed by atoms with Crippen molar-refractivity contribution < 1.29 is 9.63 Å². The van der Waals surface area contributed by atoms with Crippen LogP contribution in [-0.4, -0.2) is 17.3 Å². The Labute approximate surface area is 83.3 Å². The van der Waals surface area contributed by atoms with Crippen molar-refractivity contribution in [2.45, 2.75) is 63.6 Å². The molecule has 1 fully saturated rings. The van der Waals surface area contributed by atoms with E-state index in [-0.39, 0.29) is 12.2 Å². The van der Waals surface area contributed by atoms with Crippen LogP contribution in [0.4, 0.5) is 0 Å². The van der Waals surface area contributed by atoms with Crippen LogP contribution in [-0.2, 0) is 4.52 Å². The predicted molar refractivity (Wildman–Crippen MR) is 57.5 cm³/mol. The fourth-order valence-corrected chi connectivity index (χ4v) is 2.19. The SMILES string of the molecule is OC1CCCCCCCC(OP)C1. The number of hydrogen-bond donors (Lipinski definition) is 1. The Bertz CT molecular complexity index is 130. The minimum absolute atomic E-state index is 0.149. The largest absolute Gasteiger partial charge is 0.393 e. The van der Waals surface area contributed by atoms with Gasteiger partial charge in [-0.1, -0.05) is 32.1 Å². The number of hydrogen-bond acceptors (Lipinski definition) is 2. The van der Waals surface area contributed by atoms with E-state index >= 15 is 0 Å². The molecule has 0 radical (unpaired) electrons. The molecule has 2 nitrogen and oxygen atoms in total. The molecule has 1 aliphatic rings. The predicted octanol–water partition coefficient (Wildman–Crippen LogP) is 2.66. The van der Waals surface area contributed by atoms with E-state index in [4.69, 9.17) is 4.52 Å². The van der Waals surface area contributed by atoms with E-state index in [9.17, 15) is 5.11 Å². The van der Waals surface area contributed by atoms with Gasteiger partial charge in [-0.2, -0.15) is 0 Å². The summed E-state index contributed by atoms with van der Waals surface area (Å²) in [5.41, 5.74) is 0. The lowest BCUT2D eigenvalue weighted by Gasteiger charge is -2.20. The summed E-state index contributed by atoms with van der Waals surface area (Å²) >= 11 is 0. The topological polar surface area (TPSA) is 29.5 Å². The van der Waals surface area contributed by atoms with E-state index in [0.29, 0.717) is 0 Å². The molecular formula is C10H21O2P. The highest BCUT2D eigenvalue weighted by molar-refractivity contribution is 7.09. The van der Waals surface area contributed by atoms with Crippen molar-refractivity contribution in [3.63, 3.8) is 0 Å². The molecule has 0 aromatic heterocycles. The van der Waals surface area contributed by atoms with Crippen LogP contribution in [0.2, 0.25) is 0 Å². The second kappa shape index (κ2) is 6.75. The van der Waals surface area contributed by atoms with Gasteiger partial charge in [0.05, 0.1) is 12.2 Å². The summed E-state index contributed by atoms with van der Waals surface area (Å²) < 4.78 is 5.25. The van der Waals surface area contributed by atoms with Gasteiger partial charge in [0.15, 0.2) is 0 Å². The smallest absolute Gasteiger partial charge is 0.0635 e. The molecule has 0 spiro atoms. The van der Waals surface area contributed by atoms with Gasteiger partial charge in [-0.05, 0) is 19.3 Å². The highest BCUT2D eigenvalue weighted by Crippen LogP contribution is 2.20. The van der Waals surface area contributed by atoms with Crippen molar-refractivity contribution in [3.05, 3.63) is 0 Å². The quantitative estimate of drug-likeness (QED) is 0.665. The van der Waals surface area contributed by atoms with Crippen molar-refractivity contribution in [2.75, 3.05) is 0 Å². The third-order valence-electron chi connectivity index (χ3n) is 2.79. The maximum absolute atomic E-state index is 9.64. The lowest BCUT2D eigenvalue weighted by Crippen LogP contribution is -2.19. The lowest BCUT2D eigenvalue weighted by molar-refractivity contribution is 0.0888. The molecule has 3 heteroatoms. The van der Waals surface area contributed by atoms with Gasteiger partial charge in [-0.3, -0.25) is 0 Å². The first-order valence-corrected chi connectivity index (χ1v) is 5.83. The van der Waals surface area contributed by atoms with Crippen molar-refractivity contribution in [3.8, 4) is 0 Å². The van der Waals surface area contributed by atoms with Gasteiger partial charge < -0.3 is 9.63 Å². The van der Waals surface area contributed by atoms with Crippen LogP contribution in [0.25, 0.3) is 0 Å². The first-order chi connectivity index (χ1) is 6.33. The van der Waals surface area contributed by atoms with Gasteiger partial charge >= 0.3 is 0 Å². The molecular weight excluding hydrogens is 183 g/mol. The van der Waals surface area contributed by atoms with E-state index in [1.54, 1.807) is 0 Å². The van der Waals surface area contributed by atoms with E-state index in [1.165, 1.54) is 32.1 Å². The molecule has 0 aliphatic heterocycles. The van der Waals surface area contributed by atoms with Crippen LogP contribution in [0.15, 0.2) is 0 Å². The van der Waals surface area contributed by atoms with Crippen LogP contribution >= 0.6 is 9.47 Å². The molecule has 0 amide bonds. The van der Waals surface area contributed by atoms with Crippen LogP contribution < -0.4 is 0 Å². The Balaban J connectivity index is 2.30. The second-order valence-corrected chi connectivity index (χ2v) is 4.26. The first-order valence-electron chi connectivity index (χ1n) is 5.36. The molecule has 3 atom stereocenters. The van der Waals surface area contributed by atoms with Gasteiger partial charge in [-0.25, -0.2) is 0 Å². The summed E-state index contributed by atoms with van der Waals surface area (Å²) in [7, 11) is 2.32. The van der Waals surface area contributed by atoms with Gasteiger partial charge in [0.25, 0.3) is 0 Å². The number of aliphatic hydroxyl groups excluding tert-OH is 1.